The Morgan fingerprint density at radius 3 is 2.49 bits per heavy atom. The molecular formula is C31H36ClF3N4O4. The van der Waals surface area contributed by atoms with Gasteiger partial charge in [0.1, 0.15) is 6.04 Å². The molecule has 0 saturated heterocycles. The lowest BCUT2D eigenvalue weighted by molar-refractivity contribution is -0.143. The maximum atomic E-state index is 13.7. The van der Waals surface area contributed by atoms with Crippen LogP contribution in [0.1, 0.15) is 55.5 Å². The van der Waals surface area contributed by atoms with E-state index in [4.69, 9.17) is 11.6 Å². The maximum absolute atomic E-state index is 13.7. The van der Waals surface area contributed by atoms with Gasteiger partial charge < -0.3 is 15.0 Å². The molecule has 0 radical (unpaired) electrons. The van der Waals surface area contributed by atoms with Crippen LogP contribution >= 0.6 is 11.6 Å². The number of rotatable bonds is 13. The number of aliphatic carboxylic acids is 1. The molecule has 3 aromatic rings. The Bertz CT molecular complexity index is 1470. The molecule has 2 heterocycles. The number of aryl methyl sites for hydroxylation is 1. The first-order valence-electron chi connectivity index (χ1n) is 13.8. The molecule has 8 nitrogen and oxygen atoms in total. The lowest BCUT2D eigenvalue weighted by Gasteiger charge is -2.25. The first kappa shape index (κ1) is 33.8. The third kappa shape index (κ3) is 9.93. The summed E-state index contributed by atoms with van der Waals surface area (Å²) in [6.07, 6.45) is -1.23. The van der Waals surface area contributed by atoms with E-state index in [0.29, 0.717) is 33.8 Å². The van der Waals surface area contributed by atoms with Crippen LogP contribution in [0.5, 0.6) is 0 Å². The van der Waals surface area contributed by atoms with Crippen molar-refractivity contribution in [3.63, 3.8) is 0 Å². The highest BCUT2D eigenvalue weighted by Crippen LogP contribution is 2.32. The fourth-order valence-corrected chi connectivity index (χ4v) is 5.21. The number of carboxylic acid groups (broad SMARTS) is 1. The lowest BCUT2D eigenvalue weighted by Crippen LogP contribution is -2.40. The minimum absolute atomic E-state index is 0.00648. The fourth-order valence-electron chi connectivity index (χ4n) is 4.89. The Balaban J connectivity index is 1.87. The summed E-state index contributed by atoms with van der Waals surface area (Å²) in [5.74, 6) is -1.66. The Hall–Kier alpha value is -3.70. The van der Waals surface area contributed by atoms with Crippen molar-refractivity contribution in [3.05, 3.63) is 86.9 Å². The summed E-state index contributed by atoms with van der Waals surface area (Å²) in [6, 6.07) is 9.79. The summed E-state index contributed by atoms with van der Waals surface area (Å²) < 4.78 is 39.2. The monoisotopic (exact) mass is 620 g/mol. The summed E-state index contributed by atoms with van der Waals surface area (Å²) in [5, 5.41) is 13.0. The first-order chi connectivity index (χ1) is 20.1. The third-order valence-electron chi connectivity index (χ3n) is 6.94. The molecule has 0 saturated carbocycles. The van der Waals surface area contributed by atoms with Gasteiger partial charge in [0.15, 0.2) is 0 Å². The van der Waals surface area contributed by atoms with Gasteiger partial charge >= 0.3 is 12.1 Å². The Kier molecular flexibility index (Phi) is 11.5. The molecule has 0 aliphatic rings. The van der Waals surface area contributed by atoms with Gasteiger partial charge in [-0.1, -0.05) is 37.6 Å². The average molecular weight is 621 g/mol. The zero-order chi connectivity index (χ0) is 31.9. The molecule has 3 rings (SSSR count). The first-order valence-corrected chi connectivity index (χ1v) is 14.2. The van der Waals surface area contributed by atoms with E-state index in [-0.39, 0.29) is 18.9 Å². The van der Waals surface area contributed by atoms with Crippen LogP contribution in [0.25, 0.3) is 11.3 Å². The van der Waals surface area contributed by atoms with Crippen LogP contribution in [0.15, 0.2) is 59.7 Å². The quantitative estimate of drug-likeness (QED) is 0.249. The third-order valence-corrected chi connectivity index (χ3v) is 7.25. The van der Waals surface area contributed by atoms with Crippen molar-refractivity contribution in [2.24, 2.45) is 5.92 Å². The number of hydrogen-bond acceptors (Lipinski definition) is 5. The van der Waals surface area contributed by atoms with Gasteiger partial charge in [0, 0.05) is 30.6 Å². The molecule has 0 spiro atoms. The van der Waals surface area contributed by atoms with Crippen molar-refractivity contribution in [1.82, 2.24) is 19.8 Å². The number of alkyl halides is 3. The van der Waals surface area contributed by atoms with Gasteiger partial charge in [-0.2, -0.15) is 13.2 Å². The van der Waals surface area contributed by atoms with Crippen molar-refractivity contribution in [2.75, 3.05) is 20.1 Å². The van der Waals surface area contributed by atoms with E-state index < -0.39 is 48.7 Å². The fraction of sp³-hybridized carbons (Fsp3) is 0.419. The maximum Gasteiger partial charge on any atom is 0.401 e. The molecule has 0 aliphatic heterocycles. The average Bonchev–Trinajstić information content (AvgIpc) is 2.89. The van der Waals surface area contributed by atoms with Crippen LogP contribution in [-0.2, 0) is 16.0 Å². The van der Waals surface area contributed by atoms with Gasteiger partial charge in [-0.15, -0.1) is 0 Å². The summed E-state index contributed by atoms with van der Waals surface area (Å²) in [5.41, 5.74) is 2.67. The second-order valence-electron chi connectivity index (χ2n) is 11.1. The highest BCUT2D eigenvalue weighted by molar-refractivity contribution is 6.33. The van der Waals surface area contributed by atoms with E-state index >= 15 is 0 Å². The van der Waals surface area contributed by atoms with Crippen molar-refractivity contribution in [1.29, 1.82) is 0 Å². The van der Waals surface area contributed by atoms with E-state index in [1.807, 2.05) is 32.9 Å². The Morgan fingerprint density at radius 2 is 1.88 bits per heavy atom. The number of pyridine rings is 2. The van der Waals surface area contributed by atoms with Crippen molar-refractivity contribution in [2.45, 2.75) is 58.3 Å². The minimum atomic E-state index is -4.32. The topological polar surface area (TPSA) is 105 Å². The molecule has 0 bridgehead atoms. The SMILES string of the molecule is Cc1cccc(Cl)c1-c1cc([C@H](CC(=O)O)NC(=O)[C@H](CC(C)C)n2ccc(CCN(C)CC(F)(F)F)cc2=O)ccn1. The molecule has 0 unspecified atom stereocenters. The number of likely N-dealkylation sites (N-methyl/N-ethyl adjacent to an activating group) is 1. The number of carboxylic acids is 1. The number of aromatic nitrogens is 2. The standard InChI is InChI=1S/C31H36ClF3N4O4/c1-19(2)14-26(39-13-10-21(15-27(39)40)9-12-38(4)18-31(33,34)35)30(43)37-24(17-28(41)42)22-8-11-36-25(16-22)29-20(3)6-5-7-23(29)32/h5-8,10-11,13,15-16,19,24,26H,9,12,14,17-18H2,1-4H3,(H,37,43)(H,41,42)/t24-,26-/m0/s1. The zero-order valence-corrected chi connectivity index (χ0v) is 25.2. The largest absolute Gasteiger partial charge is 0.481 e. The zero-order valence-electron chi connectivity index (χ0n) is 24.5. The predicted molar refractivity (Wildman–Crippen MR) is 159 cm³/mol. The van der Waals surface area contributed by atoms with Crippen LogP contribution < -0.4 is 10.9 Å². The predicted octanol–water partition coefficient (Wildman–Crippen LogP) is 5.83. The Labute approximate surface area is 253 Å². The van der Waals surface area contributed by atoms with Gasteiger partial charge in [0.25, 0.3) is 5.56 Å². The summed E-state index contributed by atoms with van der Waals surface area (Å²) >= 11 is 6.43. The molecule has 1 amide bonds. The van der Waals surface area contributed by atoms with Gasteiger partial charge in [-0.05, 0) is 73.7 Å². The molecule has 12 heteroatoms. The smallest absolute Gasteiger partial charge is 0.401 e. The summed E-state index contributed by atoms with van der Waals surface area (Å²) in [4.78, 5) is 44.1. The molecule has 43 heavy (non-hydrogen) atoms. The van der Waals surface area contributed by atoms with Crippen LogP contribution in [-0.4, -0.2) is 57.7 Å². The molecule has 0 fully saturated rings. The summed E-state index contributed by atoms with van der Waals surface area (Å²) in [7, 11) is 1.35. The van der Waals surface area contributed by atoms with Gasteiger partial charge in [-0.3, -0.25) is 24.3 Å². The highest BCUT2D eigenvalue weighted by atomic mass is 35.5. The van der Waals surface area contributed by atoms with Gasteiger partial charge in [-0.25, -0.2) is 0 Å². The van der Waals surface area contributed by atoms with E-state index in [0.717, 1.165) is 10.5 Å². The van der Waals surface area contributed by atoms with Crippen LogP contribution in [0.2, 0.25) is 5.02 Å². The minimum Gasteiger partial charge on any atom is -0.481 e. The highest BCUT2D eigenvalue weighted by Gasteiger charge is 2.29. The van der Waals surface area contributed by atoms with Crippen molar-refractivity contribution >= 4 is 23.5 Å². The number of hydrogen-bond donors (Lipinski definition) is 2. The van der Waals surface area contributed by atoms with E-state index in [2.05, 4.69) is 10.3 Å². The number of halogens is 4. The number of carbonyl (C=O) groups is 2. The second kappa shape index (κ2) is 14.7. The van der Waals surface area contributed by atoms with E-state index in [1.54, 1.807) is 24.3 Å². The Morgan fingerprint density at radius 1 is 1.16 bits per heavy atom. The molecule has 2 atom stereocenters. The van der Waals surface area contributed by atoms with Crippen LogP contribution in [0.3, 0.4) is 0 Å². The molecule has 232 valence electrons. The summed E-state index contributed by atoms with van der Waals surface area (Å²) in [6.45, 7) is 4.71. The number of benzene rings is 1. The van der Waals surface area contributed by atoms with Crippen molar-refractivity contribution in [3.8, 4) is 11.3 Å². The lowest BCUT2D eigenvalue weighted by atomic mass is 9.98. The van der Waals surface area contributed by atoms with Gasteiger partial charge in [0.2, 0.25) is 5.91 Å². The molecule has 2 aromatic heterocycles. The molecular weight excluding hydrogens is 585 g/mol. The van der Waals surface area contributed by atoms with E-state index in [9.17, 15) is 32.7 Å². The number of nitrogens with zero attached hydrogens (tertiary/aromatic N) is 3. The molecule has 1 aromatic carbocycles. The van der Waals surface area contributed by atoms with Gasteiger partial charge in [0.05, 0.1) is 29.7 Å². The number of carbonyl (C=O) groups excluding carboxylic acids is 1. The van der Waals surface area contributed by atoms with Crippen molar-refractivity contribution < 1.29 is 27.9 Å². The number of nitrogens with one attached hydrogen (secondary N) is 1. The second-order valence-corrected chi connectivity index (χ2v) is 11.5. The van der Waals surface area contributed by atoms with Crippen LogP contribution in [0.4, 0.5) is 13.2 Å². The molecule has 2 N–H and O–H groups in total. The number of amides is 1. The molecule has 0 aliphatic carbocycles. The van der Waals surface area contributed by atoms with E-state index in [1.165, 1.54) is 30.1 Å². The van der Waals surface area contributed by atoms with Crippen LogP contribution in [0, 0.1) is 12.8 Å². The normalized spacial score (nSPS) is 13.3.